The standard InChI is InChI=1S/C29H36F2N8O2/c1-37-27(34-35-36-37)22-5-2-6-24(17-22)32-29(41)33-26-11-14-38(15-12-30)19-25(26)28(40)39-13-3-4-21(18-39)16-20-7-9-23(31)10-8-20/h2,5-10,17,21,25-26H,3-4,11-16,18-19H2,1H3,(H2,32,33,41)/t21-,25+,26+/m0/s1. The summed E-state index contributed by atoms with van der Waals surface area (Å²) in [5.41, 5.74) is 2.37. The zero-order valence-corrected chi connectivity index (χ0v) is 23.2. The molecule has 3 amide bonds. The van der Waals surface area contributed by atoms with E-state index in [-0.39, 0.29) is 30.2 Å². The Balaban J connectivity index is 1.24. The number of hydrogen-bond acceptors (Lipinski definition) is 6. The molecule has 218 valence electrons. The van der Waals surface area contributed by atoms with Crippen molar-refractivity contribution in [2.75, 3.05) is 44.7 Å². The number of hydrogen-bond donors (Lipinski definition) is 2. The topological polar surface area (TPSA) is 108 Å². The number of carbonyl (C=O) groups is 2. The fourth-order valence-corrected chi connectivity index (χ4v) is 5.93. The number of alkyl halides is 1. The first-order chi connectivity index (χ1) is 19.9. The molecule has 2 fully saturated rings. The van der Waals surface area contributed by atoms with Gasteiger partial charge in [-0.15, -0.1) is 5.10 Å². The number of anilines is 1. The van der Waals surface area contributed by atoms with Crippen molar-refractivity contribution >= 4 is 17.6 Å². The number of aromatic nitrogens is 4. The second-order valence-electron chi connectivity index (χ2n) is 10.9. The normalized spacial score (nSPS) is 21.4. The van der Waals surface area contributed by atoms with E-state index in [1.165, 1.54) is 12.1 Å². The SMILES string of the molecule is Cn1nnnc1-c1cccc(NC(=O)N[C@@H]2CCN(CCF)C[C@H]2C(=O)N2CCC[C@@H](Cc3ccc(F)cc3)C2)c1. The molecule has 0 saturated carbocycles. The quantitative estimate of drug-likeness (QED) is 0.433. The minimum Gasteiger partial charge on any atom is -0.342 e. The zero-order chi connectivity index (χ0) is 28.8. The van der Waals surface area contributed by atoms with Crippen molar-refractivity contribution in [3.8, 4) is 11.4 Å². The maximum Gasteiger partial charge on any atom is 0.319 e. The smallest absolute Gasteiger partial charge is 0.319 e. The van der Waals surface area contributed by atoms with Gasteiger partial charge in [0.15, 0.2) is 5.82 Å². The number of halogens is 2. The van der Waals surface area contributed by atoms with Crippen molar-refractivity contribution in [2.24, 2.45) is 18.9 Å². The zero-order valence-electron chi connectivity index (χ0n) is 23.2. The molecule has 0 unspecified atom stereocenters. The van der Waals surface area contributed by atoms with E-state index in [4.69, 9.17) is 0 Å². The minimum atomic E-state index is -0.486. The van der Waals surface area contributed by atoms with Crippen molar-refractivity contribution in [3.63, 3.8) is 0 Å². The first-order valence-electron chi connectivity index (χ1n) is 14.1. The van der Waals surface area contributed by atoms with Crippen molar-refractivity contribution in [3.05, 3.63) is 59.9 Å². The Labute approximate surface area is 238 Å². The van der Waals surface area contributed by atoms with Crippen LogP contribution in [0.3, 0.4) is 0 Å². The van der Waals surface area contributed by atoms with E-state index in [1.54, 1.807) is 42.1 Å². The molecular weight excluding hydrogens is 530 g/mol. The second-order valence-corrected chi connectivity index (χ2v) is 10.9. The number of tetrazole rings is 1. The van der Waals surface area contributed by atoms with Gasteiger partial charge in [-0.1, -0.05) is 24.3 Å². The number of aryl methyl sites for hydroxylation is 1. The van der Waals surface area contributed by atoms with Crippen molar-refractivity contribution < 1.29 is 18.4 Å². The van der Waals surface area contributed by atoms with E-state index < -0.39 is 18.6 Å². The van der Waals surface area contributed by atoms with E-state index in [9.17, 15) is 18.4 Å². The number of amides is 3. The highest BCUT2D eigenvalue weighted by atomic mass is 19.1. The number of benzene rings is 2. The Morgan fingerprint density at radius 3 is 2.66 bits per heavy atom. The van der Waals surface area contributed by atoms with Crippen molar-refractivity contribution in [2.45, 2.75) is 31.7 Å². The number of nitrogens with zero attached hydrogens (tertiary/aromatic N) is 6. The molecule has 10 nitrogen and oxygen atoms in total. The van der Waals surface area contributed by atoms with Gasteiger partial charge in [0.1, 0.15) is 12.5 Å². The highest BCUT2D eigenvalue weighted by Crippen LogP contribution is 2.26. The van der Waals surface area contributed by atoms with E-state index >= 15 is 0 Å². The van der Waals surface area contributed by atoms with Crippen LogP contribution < -0.4 is 10.6 Å². The molecule has 3 aromatic rings. The maximum absolute atomic E-state index is 13.9. The fraction of sp³-hybridized carbons (Fsp3) is 0.483. The summed E-state index contributed by atoms with van der Waals surface area (Å²) in [5, 5.41) is 17.4. The van der Waals surface area contributed by atoms with Gasteiger partial charge >= 0.3 is 6.03 Å². The van der Waals surface area contributed by atoms with Gasteiger partial charge in [0.25, 0.3) is 0 Å². The summed E-state index contributed by atoms with van der Waals surface area (Å²) in [5.74, 6) is 0.0810. The lowest BCUT2D eigenvalue weighted by Gasteiger charge is -2.41. The average molecular weight is 567 g/mol. The Bertz CT molecular complexity index is 1330. The summed E-state index contributed by atoms with van der Waals surface area (Å²) in [6.07, 6.45) is 3.19. The number of urea groups is 1. The molecule has 2 N–H and O–H groups in total. The highest BCUT2D eigenvalue weighted by molar-refractivity contribution is 5.91. The first kappa shape index (κ1) is 28.6. The number of likely N-dealkylation sites (tertiary alicyclic amines) is 2. The molecule has 2 aliphatic heterocycles. The molecule has 12 heteroatoms. The summed E-state index contributed by atoms with van der Waals surface area (Å²) in [6, 6.07) is 12.9. The Morgan fingerprint density at radius 2 is 1.90 bits per heavy atom. The molecule has 3 heterocycles. The Morgan fingerprint density at radius 1 is 1.07 bits per heavy atom. The molecule has 0 bridgehead atoms. The number of nitrogens with one attached hydrogen (secondary N) is 2. The van der Waals surface area contributed by atoms with Gasteiger partial charge < -0.3 is 15.5 Å². The molecule has 2 aromatic carbocycles. The second kappa shape index (κ2) is 13.2. The molecule has 2 aliphatic rings. The molecule has 5 rings (SSSR count). The number of carbonyl (C=O) groups excluding carboxylic acids is 2. The third kappa shape index (κ3) is 7.24. The lowest BCUT2D eigenvalue weighted by Crippen LogP contribution is -2.58. The van der Waals surface area contributed by atoms with E-state index in [0.29, 0.717) is 44.1 Å². The summed E-state index contributed by atoms with van der Waals surface area (Å²) in [4.78, 5) is 30.8. The van der Waals surface area contributed by atoms with Gasteiger partial charge in [0, 0.05) is 57.1 Å². The Hall–Kier alpha value is -3.93. The number of piperidine rings is 2. The van der Waals surface area contributed by atoms with Crippen LogP contribution in [0.25, 0.3) is 11.4 Å². The molecule has 2 saturated heterocycles. The van der Waals surface area contributed by atoms with Gasteiger partial charge in [-0.3, -0.25) is 9.69 Å². The fourth-order valence-electron chi connectivity index (χ4n) is 5.93. The average Bonchev–Trinajstić information content (AvgIpc) is 3.41. The minimum absolute atomic E-state index is 0.0144. The van der Waals surface area contributed by atoms with Crippen LogP contribution in [0, 0.1) is 17.7 Å². The predicted octanol–water partition coefficient (Wildman–Crippen LogP) is 3.28. The van der Waals surface area contributed by atoms with Crippen LogP contribution in [0.4, 0.5) is 19.3 Å². The first-order valence-corrected chi connectivity index (χ1v) is 14.1. The van der Waals surface area contributed by atoms with Gasteiger partial charge in [-0.05, 0) is 71.9 Å². The molecular formula is C29H36F2N8O2. The van der Waals surface area contributed by atoms with Crippen LogP contribution in [0.15, 0.2) is 48.5 Å². The predicted molar refractivity (Wildman–Crippen MR) is 150 cm³/mol. The largest absolute Gasteiger partial charge is 0.342 e. The van der Waals surface area contributed by atoms with Crippen LogP contribution in [-0.4, -0.2) is 87.4 Å². The van der Waals surface area contributed by atoms with Gasteiger partial charge in [0.05, 0.1) is 5.92 Å². The lowest BCUT2D eigenvalue weighted by molar-refractivity contribution is -0.140. The molecule has 0 aliphatic carbocycles. The highest BCUT2D eigenvalue weighted by Gasteiger charge is 2.38. The van der Waals surface area contributed by atoms with Crippen LogP contribution in [0.5, 0.6) is 0 Å². The molecule has 1 aromatic heterocycles. The van der Waals surface area contributed by atoms with Crippen LogP contribution in [0.2, 0.25) is 0 Å². The van der Waals surface area contributed by atoms with Crippen molar-refractivity contribution in [1.82, 2.24) is 35.3 Å². The molecule has 0 spiro atoms. The maximum atomic E-state index is 13.9. The summed E-state index contributed by atoms with van der Waals surface area (Å²) in [6.45, 7) is 2.03. The summed E-state index contributed by atoms with van der Waals surface area (Å²) >= 11 is 0. The van der Waals surface area contributed by atoms with Gasteiger partial charge in [0.2, 0.25) is 5.91 Å². The number of rotatable bonds is 8. The third-order valence-corrected chi connectivity index (χ3v) is 8.00. The van der Waals surface area contributed by atoms with Gasteiger partial charge in [-0.2, -0.15) is 0 Å². The summed E-state index contributed by atoms with van der Waals surface area (Å²) < 4.78 is 28.1. The monoisotopic (exact) mass is 566 g/mol. The molecule has 3 atom stereocenters. The Kier molecular flexibility index (Phi) is 9.17. The third-order valence-electron chi connectivity index (χ3n) is 8.00. The van der Waals surface area contributed by atoms with E-state index in [2.05, 4.69) is 26.2 Å². The van der Waals surface area contributed by atoms with Crippen LogP contribution in [-0.2, 0) is 18.3 Å². The van der Waals surface area contributed by atoms with Gasteiger partial charge in [-0.25, -0.2) is 18.3 Å². The lowest BCUT2D eigenvalue weighted by atomic mass is 9.87. The van der Waals surface area contributed by atoms with E-state index in [0.717, 1.165) is 30.4 Å². The molecule has 0 radical (unpaired) electrons. The van der Waals surface area contributed by atoms with E-state index in [1.807, 2.05) is 15.9 Å². The molecule has 41 heavy (non-hydrogen) atoms. The van der Waals surface area contributed by atoms with Crippen molar-refractivity contribution in [1.29, 1.82) is 0 Å². The van der Waals surface area contributed by atoms with Crippen LogP contribution >= 0.6 is 0 Å². The summed E-state index contributed by atoms with van der Waals surface area (Å²) in [7, 11) is 1.74. The van der Waals surface area contributed by atoms with Crippen LogP contribution in [0.1, 0.15) is 24.8 Å².